The molecule has 3 aromatic rings. The number of carbonyl (C=O) groups is 1. The third-order valence-corrected chi connectivity index (χ3v) is 9.34. The lowest BCUT2D eigenvalue weighted by molar-refractivity contribution is -0.105. The van der Waals surface area contributed by atoms with Crippen LogP contribution >= 0.6 is 19.5 Å². The number of anilines is 6. The number of rotatable bonds is 9. The molecule has 2 aliphatic heterocycles. The van der Waals surface area contributed by atoms with E-state index in [-0.39, 0.29) is 7.92 Å². The number of hydrogen-bond donors (Lipinski definition) is 3. The molecule has 2 fully saturated rings. The lowest BCUT2D eigenvalue weighted by atomic mass is 10.0. The molecule has 1 aromatic heterocycles. The van der Waals surface area contributed by atoms with Gasteiger partial charge in [-0.3, -0.25) is 9.69 Å². The van der Waals surface area contributed by atoms with Crippen LogP contribution in [-0.2, 0) is 4.79 Å². The number of aromatic nitrogens is 2. The average molecular weight is 581 g/mol. The highest BCUT2D eigenvalue weighted by atomic mass is 35.5. The molecule has 0 saturated carbocycles. The lowest BCUT2D eigenvalue weighted by Crippen LogP contribution is -2.52. The van der Waals surface area contributed by atoms with E-state index < -0.39 is 0 Å². The van der Waals surface area contributed by atoms with Crippen molar-refractivity contribution in [1.29, 1.82) is 0 Å². The molecule has 3 heterocycles. The summed E-state index contributed by atoms with van der Waals surface area (Å²) in [7, 11) is 1.89. The van der Waals surface area contributed by atoms with Crippen LogP contribution in [0.25, 0.3) is 0 Å². The van der Waals surface area contributed by atoms with E-state index in [9.17, 15) is 4.79 Å². The van der Waals surface area contributed by atoms with Gasteiger partial charge in [0.2, 0.25) is 12.4 Å². The molecule has 2 aromatic carbocycles. The Balaban J connectivity index is 1.28. The van der Waals surface area contributed by atoms with Gasteiger partial charge >= 0.3 is 0 Å². The predicted octanol–water partition coefficient (Wildman–Crippen LogP) is 4.77. The Bertz CT molecular complexity index is 1310. The Hall–Kier alpha value is -2.97. The molecule has 2 aliphatic rings. The van der Waals surface area contributed by atoms with Crippen molar-refractivity contribution in [3.63, 3.8) is 0 Å². The van der Waals surface area contributed by atoms with Crippen molar-refractivity contribution < 1.29 is 4.79 Å². The molecule has 0 unspecified atom stereocenters. The van der Waals surface area contributed by atoms with Crippen LogP contribution in [0.4, 0.5) is 34.5 Å². The van der Waals surface area contributed by atoms with Crippen LogP contribution in [0, 0.1) is 0 Å². The summed E-state index contributed by atoms with van der Waals surface area (Å²) in [6.45, 7) is 10.9. The minimum atomic E-state index is -0.302. The molecule has 0 spiro atoms. The van der Waals surface area contributed by atoms with E-state index >= 15 is 0 Å². The van der Waals surface area contributed by atoms with Gasteiger partial charge in [0.15, 0.2) is 5.82 Å². The summed E-state index contributed by atoms with van der Waals surface area (Å²) in [5, 5.41) is 11.2. The number of piperidine rings is 1. The molecule has 9 nitrogen and oxygen atoms in total. The van der Waals surface area contributed by atoms with Crippen LogP contribution in [0.5, 0.6) is 0 Å². The molecular weight excluding hydrogens is 543 g/mol. The van der Waals surface area contributed by atoms with Gasteiger partial charge in [-0.05, 0) is 62.8 Å². The van der Waals surface area contributed by atoms with Crippen LogP contribution in [0.15, 0.2) is 48.7 Å². The molecule has 0 bridgehead atoms. The predicted molar refractivity (Wildman–Crippen MR) is 169 cm³/mol. The van der Waals surface area contributed by atoms with E-state index in [4.69, 9.17) is 11.6 Å². The lowest BCUT2D eigenvalue weighted by Gasteiger charge is -2.42. The summed E-state index contributed by atoms with van der Waals surface area (Å²) in [4.78, 5) is 27.9. The second kappa shape index (κ2) is 13.1. The number of nitrogens with one attached hydrogen (secondary N) is 3. The van der Waals surface area contributed by atoms with Gasteiger partial charge in [0.1, 0.15) is 5.02 Å². The first-order chi connectivity index (χ1) is 19.4. The number of likely N-dealkylation sites (N-methyl/N-ethyl adjacent to an activating group) is 1. The Morgan fingerprint density at radius 3 is 2.45 bits per heavy atom. The van der Waals surface area contributed by atoms with Crippen molar-refractivity contribution in [3.8, 4) is 0 Å². The Morgan fingerprint density at radius 2 is 1.73 bits per heavy atom. The van der Waals surface area contributed by atoms with Crippen LogP contribution in [-0.4, -0.2) is 91.9 Å². The maximum Gasteiger partial charge on any atom is 0.229 e. The minimum absolute atomic E-state index is 0.302. The highest BCUT2D eigenvalue weighted by Crippen LogP contribution is 2.34. The average Bonchev–Trinajstić information content (AvgIpc) is 2.96. The van der Waals surface area contributed by atoms with Gasteiger partial charge in [0, 0.05) is 56.7 Å². The first-order valence-corrected chi connectivity index (χ1v) is 16.4. The molecule has 1 amide bonds. The molecule has 11 heteroatoms. The summed E-state index contributed by atoms with van der Waals surface area (Å²) in [5.74, 6) is 0.951. The topological polar surface area (TPSA) is 88.7 Å². The van der Waals surface area contributed by atoms with Gasteiger partial charge in [-0.2, -0.15) is 4.98 Å². The van der Waals surface area contributed by atoms with E-state index in [0.717, 1.165) is 81.3 Å². The summed E-state index contributed by atoms with van der Waals surface area (Å²) < 4.78 is 0. The van der Waals surface area contributed by atoms with Crippen LogP contribution in [0.3, 0.4) is 0 Å². The zero-order valence-corrected chi connectivity index (χ0v) is 25.1. The first kappa shape index (κ1) is 28.6. The molecule has 40 heavy (non-hydrogen) atoms. The number of benzene rings is 2. The highest BCUT2D eigenvalue weighted by molar-refractivity contribution is 7.64. The van der Waals surface area contributed by atoms with E-state index in [2.05, 4.69) is 73.1 Å². The molecule has 0 atom stereocenters. The molecule has 0 radical (unpaired) electrons. The molecule has 5 rings (SSSR count). The maximum absolute atomic E-state index is 11.5. The zero-order chi connectivity index (χ0) is 28.1. The summed E-state index contributed by atoms with van der Waals surface area (Å²) in [6.07, 6.45) is 4.57. The summed E-state index contributed by atoms with van der Waals surface area (Å²) >= 11 is 6.45. The number of piperazine rings is 1. The molecule has 2 saturated heterocycles. The highest BCUT2D eigenvalue weighted by Gasteiger charge is 2.27. The fourth-order valence-electron chi connectivity index (χ4n) is 5.47. The fourth-order valence-corrected chi connectivity index (χ4v) is 6.60. The van der Waals surface area contributed by atoms with Crippen LogP contribution < -0.4 is 26.2 Å². The number of halogens is 1. The van der Waals surface area contributed by atoms with Crippen molar-refractivity contribution in [3.05, 3.63) is 53.7 Å². The Kier molecular flexibility index (Phi) is 9.37. The number of hydrogen-bond acceptors (Lipinski definition) is 8. The SMILES string of the molecule is CN1CCN(C2CCN(c3ccc(Nc4ncc(Cl)c(Nc5ccccc5P(C)C)n4)cc3NC=O)CC2)CC1. The molecule has 3 N–H and O–H groups in total. The maximum atomic E-state index is 11.5. The van der Waals surface area contributed by atoms with Crippen molar-refractivity contribution in [2.75, 3.05) is 80.5 Å². The van der Waals surface area contributed by atoms with Gasteiger partial charge < -0.3 is 25.8 Å². The third-order valence-electron chi connectivity index (χ3n) is 7.71. The van der Waals surface area contributed by atoms with Gasteiger partial charge in [-0.15, -0.1) is 0 Å². The number of amides is 1. The molecule has 212 valence electrons. The van der Waals surface area contributed by atoms with Crippen molar-refractivity contribution in [2.45, 2.75) is 18.9 Å². The zero-order valence-electron chi connectivity index (χ0n) is 23.4. The smallest absolute Gasteiger partial charge is 0.229 e. The number of para-hydroxylation sites is 1. The van der Waals surface area contributed by atoms with E-state index in [1.165, 1.54) is 5.30 Å². The third kappa shape index (κ3) is 6.84. The van der Waals surface area contributed by atoms with Crippen molar-refractivity contribution in [2.24, 2.45) is 0 Å². The van der Waals surface area contributed by atoms with Crippen LogP contribution in [0.2, 0.25) is 5.02 Å². The minimum Gasteiger partial charge on any atom is -0.370 e. The van der Waals surface area contributed by atoms with Crippen molar-refractivity contribution >= 4 is 65.8 Å². The Labute approximate surface area is 243 Å². The second-order valence-corrected chi connectivity index (χ2v) is 13.3. The summed E-state index contributed by atoms with van der Waals surface area (Å²) in [6, 6.07) is 14.8. The number of nitrogens with zero attached hydrogens (tertiary/aromatic N) is 5. The monoisotopic (exact) mass is 580 g/mol. The van der Waals surface area contributed by atoms with Gasteiger partial charge in [-0.1, -0.05) is 37.7 Å². The second-order valence-electron chi connectivity index (χ2n) is 10.6. The van der Waals surface area contributed by atoms with E-state index in [0.29, 0.717) is 22.8 Å². The largest absolute Gasteiger partial charge is 0.370 e. The molecular formula is C29H38ClN8OP. The van der Waals surface area contributed by atoms with E-state index in [1.54, 1.807) is 6.20 Å². The quantitative estimate of drug-likeness (QED) is 0.246. The molecule has 0 aliphatic carbocycles. The van der Waals surface area contributed by atoms with E-state index in [1.807, 2.05) is 30.3 Å². The van der Waals surface area contributed by atoms with Crippen molar-refractivity contribution in [1.82, 2.24) is 19.8 Å². The van der Waals surface area contributed by atoms with Gasteiger partial charge in [0.05, 0.1) is 17.6 Å². The summed E-state index contributed by atoms with van der Waals surface area (Å²) in [5.41, 5.74) is 3.56. The Morgan fingerprint density at radius 1 is 0.975 bits per heavy atom. The fraction of sp³-hybridized carbons (Fsp3) is 0.414. The van der Waals surface area contributed by atoms with Crippen LogP contribution in [0.1, 0.15) is 12.8 Å². The van der Waals surface area contributed by atoms with Gasteiger partial charge in [0.25, 0.3) is 0 Å². The first-order valence-electron chi connectivity index (χ1n) is 13.8. The normalized spacial score (nSPS) is 17.2. The standard InChI is InChI=1S/C29H38ClN8OP/c1-36-14-16-37(17-15-36)22-10-12-38(13-11-22)26-9-8-21(18-25(26)32-20-39)33-29-31-19-23(30)28(35-29)34-24-6-4-5-7-27(24)40(2)3/h4-9,18-20,22H,10-17H2,1-3H3,(H,32,39)(H2,31,33,34,35). The van der Waals surface area contributed by atoms with Gasteiger partial charge in [-0.25, -0.2) is 4.98 Å². The number of carbonyl (C=O) groups excluding carboxylic acids is 1.